The summed E-state index contributed by atoms with van der Waals surface area (Å²) >= 11 is 0. The predicted molar refractivity (Wildman–Crippen MR) is 85.5 cm³/mol. The van der Waals surface area contributed by atoms with Crippen LogP contribution in [0.2, 0.25) is 0 Å². The molecule has 2 aromatic rings. The van der Waals surface area contributed by atoms with E-state index in [4.69, 9.17) is 4.74 Å². The van der Waals surface area contributed by atoms with E-state index in [2.05, 4.69) is 17.4 Å². The molecule has 4 rings (SSSR count). The summed E-state index contributed by atoms with van der Waals surface area (Å²) in [6, 6.07) is 14.0. The number of ether oxygens (including phenoxy) is 1. The van der Waals surface area contributed by atoms with Crippen LogP contribution in [0, 0.1) is 0 Å². The van der Waals surface area contributed by atoms with Crippen LogP contribution in [0.4, 0.5) is 10.5 Å². The second-order valence-electron chi connectivity index (χ2n) is 5.62. The Morgan fingerprint density at radius 3 is 2.82 bits per heavy atom. The van der Waals surface area contributed by atoms with Crippen LogP contribution >= 0.6 is 0 Å². The summed E-state index contributed by atoms with van der Waals surface area (Å²) in [5.41, 5.74) is 4.35. The van der Waals surface area contributed by atoms with Gasteiger partial charge in [-0.3, -0.25) is 4.90 Å². The number of fused-ring (bicyclic) bond motifs is 3. The molecule has 2 heterocycles. The van der Waals surface area contributed by atoms with Crippen molar-refractivity contribution in [2.75, 3.05) is 18.1 Å². The number of carbonyl (C=O) groups is 1. The highest BCUT2D eigenvalue weighted by atomic mass is 16.5. The van der Waals surface area contributed by atoms with Gasteiger partial charge in [-0.2, -0.15) is 0 Å². The van der Waals surface area contributed by atoms with Crippen molar-refractivity contribution >= 4 is 11.7 Å². The van der Waals surface area contributed by atoms with Crippen LogP contribution in [0.1, 0.15) is 29.7 Å². The zero-order valence-electron chi connectivity index (χ0n) is 12.5. The summed E-state index contributed by atoms with van der Waals surface area (Å²) < 4.78 is 5.90. The minimum Gasteiger partial charge on any atom is -0.492 e. The van der Waals surface area contributed by atoms with E-state index in [1.807, 2.05) is 37.3 Å². The molecule has 4 nitrogen and oxygen atoms in total. The van der Waals surface area contributed by atoms with Crippen LogP contribution in [0.15, 0.2) is 42.5 Å². The number of carbonyl (C=O) groups excluding carboxylic acids is 1. The first-order chi connectivity index (χ1) is 10.8. The molecule has 1 unspecified atom stereocenters. The van der Waals surface area contributed by atoms with Crippen molar-refractivity contribution in [2.45, 2.75) is 19.4 Å². The Bertz CT molecular complexity index is 727. The van der Waals surface area contributed by atoms with Gasteiger partial charge in [0.2, 0.25) is 0 Å². The van der Waals surface area contributed by atoms with Gasteiger partial charge in [-0.1, -0.05) is 36.4 Å². The topological polar surface area (TPSA) is 41.6 Å². The van der Waals surface area contributed by atoms with Crippen molar-refractivity contribution in [1.82, 2.24) is 5.32 Å². The maximum absolute atomic E-state index is 12.4. The van der Waals surface area contributed by atoms with Gasteiger partial charge in [0.05, 0.1) is 18.3 Å². The third-order valence-electron chi connectivity index (χ3n) is 4.41. The molecule has 0 fully saturated rings. The Morgan fingerprint density at radius 1 is 1.23 bits per heavy atom. The summed E-state index contributed by atoms with van der Waals surface area (Å²) in [5.74, 6) is 0.949. The van der Waals surface area contributed by atoms with Crippen molar-refractivity contribution < 1.29 is 9.53 Å². The number of nitrogens with zero attached hydrogens (tertiary/aromatic N) is 1. The molecule has 0 saturated heterocycles. The van der Waals surface area contributed by atoms with Gasteiger partial charge < -0.3 is 10.1 Å². The van der Waals surface area contributed by atoms with Crippen LogP contribution in [-0.2, 0) is 6.42 Å². The molecule has 0 spiro atoms. The fourth-order valence-corrected chi connectivity index (χ4v) is 3.37. The monoisotopic (exact) mass is 294 g/mol. The largest absolute Gasteiger partial charge is 0.492 e. The second kappa shape index (κ2) is 5.05. The molecule has 0 saturated carbocycles. The van der Waals surface area contributed by atoms with E-state index in [1.54, 1.807) is 4.90 Å². The molecular formula is C18H18N2O2. The van der Waals surface area contributed by atoms with E-state index in [0.29, 0.717) is 13.2 Å². The molecule has 22 heavy (non-hydrogen) atoms. The van der Waals surface area contributed by atoms with Crippen LogP contribution in [0.25, 0.3) is 0 Å². The van der Waals surface area contributed by atoms with Crippen molar-refractivity contribution in [1.29, 1.82) is 0 Å². The smallest absolute Gasteiger partial charge is 0.322 e. The van der Waals surface area contributed by atoms with Crippen LogP contribution in [0.3, 0.4) is 0 Å². The number of rotatable bonds is 2. The van der Waals surface area contributed by atoms with E-state index in [9.17, 15) is 4.79 Å². The summed E-state index contributed by atoms with van der Waals surface area (Å²) in [5, 5.41) is 3.13. The molecule has 2 amide bonds. The molecule has 0 aromatic heterocycles. The van der Waals surface area contributed by atoms with Gasteiger partial charge in [0.15, 0.2) is 0 Å². The number of benzene rings is 2. The van der Waals surface area contributed by atoms with Crippen LogP contribution in [0.5, 0.6) is 5.75 Å². The van der Waals surface area contributed by atoms with Crippen molar-refractivity contribution in [3.05, 3.63) is 59.2 Å². The average Bonchev–Trinajstić information content (AvgIpc) is 3.03. The number of nitrogens with one attached hydrogen (secondary N) is 1. The van der Waals surface area contributed by atoms with Gasteiger partial charge in [0.25, 0.3) is 0 Å². The number of hydrogen-bond acceptors (Lipinski definition) is 2. The second-order valence-corrected chi connectivity index (χ2v) is 5.62. The summed E-state index contributed by atoms with van der Waals surface area (Å²) in [7, 11) is 0. The highest BCUT2D eigenvalue weighted by Crippen LogP contribution is 2.44. The predicted octanol–water partition coefficient (Wildman–Crippen LogP) is 3.26. The van der Waals surface area contributed by atoms with E-state index in [0.717, 1.165) is 29.0 Å². The molecule has 2 aliphatic heterocycles. The normalized spacial score (nSPS) is 19.2. The molecule has 0 radical (unpaired) electrons. The summed E-state index contributed by atoms with van der Waals surface area (Å²) in [6.07, 6.45) is 0.935. The SMILES string of the molecule is CCN1C(=O)NC(c2ccccc2)c2c1ccc1c2OCC1. The van der Waals surface area contributed by atoms with E-state index in [1.165, 1.54) is 5.56 Å². The van der Waals surface area contributed by atoms with Crippen LogP contribution in [-0.4, -0.2) is 19.2 Å². The Kier molecular flexibility index (Phi) is 3.03. The highest BCUT2D eigenvalue weighted by Gasteiger charge is 2.35. The Balaban J connectivity index is 1.93. The lowest BCUT2D eigenvalue weighted by molar-refractivity contribution is 0.242. The first kappa shape index (κ1) is 13.2. The molecule has 112 valence electrons. The van der Waals surface area contributed by atoms with E-state index >= 15 is 0 Å². The average molecular weight is 294 g/mol. The van der Waals surface area contributed by atoms with Crippen molar-refractivity contribution in [3.63, 3.8) is 0 Å². The first-order valence-electron chi connectivity index (χ1n) is 7.71. The van der Waals surface area contributed by atoms with Crippen molar-refractivity contribution in [3.8, 4) is 5.75 Å². The Hall–Kier alpha value is -2.49. The lowest BCUT2D eigenvalue weighted by Crippen LogP contribution is -2.47. The number of amides is 2. The zero-order valence-corrected chi connectivity index (χ0v) is 12.5. The summed E-state index contributed by atoms with van der Waals surface area (Å²) in [6.45, 7) is 3.34. The standard InChI is InChI=1S/C18H18N2O2/c1-2-20-14-9-8-13-10-11-22-17(13)15(14)16(19-18(20)21)12-6-4-3-5-7-12/h3-9,16H,2,10-11H2,1H3,(H,19,21). The zero-order chi connectivity index (χ0) is 15.1. The van der Waals surface area contributed by atoms with Gasteiger partial charge in [0, 0.05) is 18.5 Å². The highest BCUT2D eigenvalue weighted by molar-refractivity contribution is 5.97. The fraction of sp³-hybridized carbons (Fsp3) is 0.278. The lowest BCUT2D eigenvalue weighted by Gasteiger charge is -2.35. The van der Waals surface area contributed by atoms with Gasteiger partial charge in [-0.15, -0.1) is 0 Å². The maximum Gasteiger partial charge on any atom is 0.322 e. The maximum atomic E-state index is 12.4. The molecule has 0 bridgehead atoms. The number of urea groups is 1. The van der Waals surface area contributed by atoms with E-state index in [-0.39, 0.29) is 12.1 Å². The Morgan fingerprint density at radius 2 is 2.05 bits per heavy atom. The van der Waals surface area contributed by atoms with Gasteiger partial charge in [-0.25, -0.2) is 4.79 Å². The molecule has 2 aromatic carbocycles. The van der Waals surface area contributed by atoms with Gasteiger partial charge in [0.1, 0.15) is 5.75 Å². The number of anilines is 1. The molecule has 1 atom stereocenters. The third kappa shape index (κ3) is 1.87. The number of hydrogen-bond donors (Lipinski definition) is 1. The third-order valence-corrected chi connectivity index (χ3v) is 4.41. The Labute approximate surface area is 129 Å². The molecule has 1 N–H and O–H groups in total. The quantitative estimate of drug-likeness (QED) is 0.923. The van der Waals surface area contributed by atoms with Gasteiger partial charge >= 0.3 is 6.03 Å². The summed E-state index contributed by atoms with van der Waals surface area (Å²) in [4.78, 5) is 14.2. The van der Waals surface area contributed by atoms with Gasteiger partial charge in [-0.05, 0) is 24.1 Å². The molecular weight excluding hydrogens is 276 g/mol. The molecule has 0 aliphatic carbocycles. The van der Waals surface area contributed by atoms with Crippen molar-refractivity contribution in [2.24, 2.45) is 0 Å². The molecule has 2 aliphatic rings. The molecule has 4 heteroatoms. The van der Waals surface area contributed by atoms with Crippen LogP contribution < -0.4 is 15.0 Å². The first-order valence-corrected chi connectivity index (χ1v) is 7.71. The minimum absolute atomic E-state index is 0.0539. The minimum atomic E-state index is -0.153. The lowest BCUT2D eigenvalue weighted by atomic mass is 9.92. The van der Waals surface area contributed by atoms with E-state index < -0.39 is 0 Å². The fourth-order valence-electron chi connectivity index (χ4n) is 3.37.